The molecule has 29 heavy (non-hydrogen) atoms. The molecular formula is C24H27N3OS. The van der Waals surface area contributed by atoms with Crippen molar-refractivity contribution in [2.24, 2.45) is 10.9 Å². The van der Waals surface area contributed by atoms with E-state index >= 15 is 0 Å². The zero-order chi connectivity index (χ0) is 20.6. The highest BCUT2D eigenvalue weighted by molar-refractivity contribution is 8.03. The normalized spacial score (nSPS) is 14.9. The molecule has 3 rings (SSSR count). The molecule has 2 heterocycles. The first-order valence-electron chi connectivity index (χ1n) is 10.0. The first-order valence-corrected chi connectivity index (χ1v) is 10.9. The van der Waals surface area contributed by atoms with Gasteiger partial charge in [0.25, 0.3) is 0 Å². The van der Waals surface area contributed by atoms with Gasteiger partial charge < -0.3 is 5.32 Å². The summed E-state index contributed by atoms with van der Waals surface area (Å²) in [7, 11) is 0. The number of amides is 1. The van der Waals surface area contributed by atoms with E-state index in [1.54, 1.807) is 24.2 Å². The van der Waals surface area contributed by atoms with Gasteiger partial charge in [-0.3, -0.25) is 14.8 Å². The molecule has 5 heteroatoms. The second kappa shape index (κ2) is 10.2. The molecule has 1 aliphatic heterocycles. The number of nitrogens with one attached hydrogen (secondary N) is 1. The lowest BCUT2D eigenvalue weighted by Gasteiger charge is -2.10. The first kappa shape index (κ1) is 21.1. The predicted molar refractivity (Wildman–Crippen MR) is 121 cm³/mol. The Morgan fingerprint density at radius 1 is 1.17 bits per heavy atom. The average molecular weight is 406 g/mol. The van der Waals surface area contributed by atoms with Gasteiger partial charge in [0.05, 0.1) is 11.6 Å². The van der Waals surface area contributed by atoms with Crippen molar-refractivity contribution >= 4 is 23.4 Å². The van der Waals surface area contributed by atoms with E-state index in [4.69, 9.17) is 4.99 Å². The largest absolute Gasteiger partial charge is 0.351 e. The van der Waals surface area contributed by atoms with Crippen molar-refractivity contribution in [3.05, 3.63) is 82.7 Å². The van der Waals surface area contributed by atoms with Crippen LogP contribution in [0.2, 0.25) is 0 Å². The molecule has 1 aliphatic rings. The topological polar surface area (TPSA) is 54.4 Å². The molecule has 0 radical (unpaired) electrons. The van der Waals surface area contributed by atoms with Crippen LogP contribution in [0.25, 0.3) is 0 Å². The lowest BCUT2D eigenvalue weighted by Crippen LogP contribution is -2.27. The first-order chi connectivity index (χ1) is 14.1. The fourth-order valence-electron chi connectivity index (χ4n) is 3.07. The molecule has 1 aromatic heterocycles. The zero-order valence-electron chi connectivity index (χ0n) is 17.2. The summed E-state index contributed by atoms with van der Waals surface area (Å²) in [6, 6.07) is 12.2. The van der Waals surface area contributed by atoms with Crippen molar-refractivity contribution in [1.29, 1.82) is 0 Å². The van der Waals surface area contributed by atoms with Gasteiger partial charge in [-0.25, -0.2) is 0 Å². The van der Waals surface area contributed by atoms with Gasteiger partial charge >= 0.3 is 0 Å². The lowest BCUT2D eigenvalue weighted by molar-refractivity contribution is -0.123. The highest BCUT2D eigenvalue weighted by atomic mass is 32.2. The van der Waals surface area contributed by atoms with E-state index < -0.39 is 0 Å². The summed E-state index contributed by atoms with van der Waals surface area (Å²) in [5.74, 6) is -0.230. The third kappa shape index (κ3) is 5.45. The minimum absolute atomic E-state index is 0.000483. The number of hydrogen-bond acceptors (Lipinski definition) is 4. The second-order valence-electron chi connectivity index (χ2n) is 6.90. The Bertz CT molecular complexity index is 948. The van der Waals surface area contributed by atoms with Gasteiger partial charge in [-0.1, -0.05) is 62.9 Å². The van der Waals surface area contributed by atoms with Crippen LogP contribution in [0, 0.1) is 5.92 Å². The number of fused-ring (bicyclic) bond motifs is 1. The van der Waals surface area contributed by atoms with Crippen molar-refractivity contribution < 1.29 is 4.79 Å². The smallest absolute Gasteiger partial charge is 0.226 e. The number of aliphatic imine (C=N–C) groups is 1. The number of carbonyl (C=O) groups is 1. The number of hydrogen-bond donors (Lipinski definition) is 1. The summed E-state index contributed by atoms with van der Waals surface area (Å²) in [6.07, 6.45) is 9.26. The van der Waals surface area contributed by atoms with Crippen LogP contribution >= 0.6 is 11.8 Å². The Morgan fingerprint density at radius 2 is 2.00 bits per heavy atom. The summed E-state index contributed by atoms with van der Waals surface area (Å²) in [6.45, 7) is 6.67. The molecule has 0 saturated heterocycles. The molecule has 1 aromatic carbocycles. The van der Waals surface area contributed by atoms with Crippen LogP contribution in [-0.2, 0) is 11.3 Å². The van der Waals surface area contributed by atoms with Crippen molar-refractivity contribution in [2.75, 3.05) is 0 Å². The minimum atomic E-state index is -0.231. The van der Waals surface area contributed by atoms with Crippen LogP contribution in [0.3, 0.4) is 0 Å². The molecule has 1 unspecified atom stereocenters. The second-order valence-corrected chi connectivity index (χ2v) is 7.99. The van der Waals surface area contributed by atoms with Crippen molar-refractivity contribution in [3.63, 3.8) is 0 Å². The molecule has 0 aliphatic carbocycles. The number of pyridine rings is 1. The van der Waals surface area contributed by atoms with Crippen LogP contribution < -0.4 is 5.32 Å². The quantitative estimate of drug-likeness (QED) is 0.660. The maximum Gasteiger partial charge on any atom is 0.226 e. The number of rotatable bonds is 7. The number of allylic oxidation sites excluding steroid dienone is 2. The predicted octanol–water partition coefficient (Wildman–Crippen LogP) is 5.52. The molecular weight excluding hydrogens is 378 g/mol. The van der Waals surface area contributed by atoms with Gasteiger partial charge in [-0.2, -0.15) is 0 Å². The van der Waals surface area contributed by atoms with Crippen molar-refractivity contribution in [2.45, 2.75) is 45.1 Å². The number of nitrogens with zero attached hydrogens (tertiary/aromatic N) is 2. The maximum atomic E-state index is 12.5. The summed E-state index contributed by atoms with van der Waals surface area (Å²) in [5, 5.41) is 2.98. The van der Waals surface area contributed by atoms with Crippen LogP contribution in [0.1, 0.15) is 44.7 Å². The average Bonchev–Trinajstić information content (AvgIpc) is 2.92. The van der Waals surface area contributed by atoms with Crippen LogP contribution in [0.4, 0.5) is 0 Å². The molecule has 1 amide bonds. The Hall–Kier alpha value is -2.66. The van der Waals surface area contributed by atoms with Gasteiger partial charge in [0.2, 0.25) is 5.91 Å². The van der Waals surface area contributed by atoms with Gasteiger partial charge in [0.15, 0.2) is 0 Å². The van der Waals surface area contributed by atoms with Crippen LogP contribution in [0.5, 0.6) is 0 Å². The van der Waals surface area contributed by atoms with Crippen LogP contribution in [0.15, 0.2) is 81.4 Å². The summed E-state index contributed by atoms with van der Waals surface area (Å²) < 4.78 is 0. The molecule has 1 N–H and O–H groups in total. The van der Waals surface area contributed by atoms with E-state index in [1.807, 2.05) is 25.1 Å². The summed E-state index contributed by atoms with van der Waals surface area (Å²) >= 11 is 1.73. The third-order valence-corrected chi connectivity index (χ3v) is 5.95. The Morgan fingerprint density at radius 3 is 2.72 bits per heavy atom. The van der Waals surface area contributed by atoms with E-state index in [1.165, 1.54) is 10.5 Å². The molecule has 0 fully saturated rings. The molecule has 1 atom stereocenters. The molecule has 150 valence electrons. The zero-order valence-corrected chi connectivity index (χ0v) is 18.0. The molecule has 0 bridgehead atoms. The summed E-state index contributed by atoms with van der Waals surface area (Å²) in [4.78, 5) is 23.8. The summed E-state index contributed by atoms with van der Waals surface area (Å²) in [5.41, 5.74) is 4.39. The SMILES string of the molecule is CCC1=NC(CC)=C(/C=C\C(C)C(=O)NCc2cccnc2)Sc2ccccc21. The molecule has 4 nitrogen and oxygen atoms in total. The minimum Gasteiger partial charge on any atom is -0.351 e. The lowest BCUT2D eigenvalue weighted by atomic mass is 10.1. The van der Waals surface area contributed by atoms with Gasteiger partial charge in [0.1, 0.15) is 0 Å². The maximum absolute atomic E-state index is 12.5. The standard InChI is InChI=1S/C24H27N3OS/c1-4-20-19-10-6-7-11-22(19)29-23(21(5-2)27-20)13-12-17(3)24(28)26-16-18-9-8-14-25-15-18/h6-15,17H,4-5,16H2,1-3H3,(H,26,28)/b13-12-. The Labute approximate surface area is 177 Å². The fraction of sp³-hybridized carbons (Fsp3) is 0.292. The van der Waals surface area contributed by atoms with Gasteiger partial charge in [-0.05, 0) is 36.6 Å². The number of aromatic nitrogens is 1. The van der Waals surface area contributed by atoms with E-state index in [9.17, 15) is 4.79 Å². The number of benzene rings is 1. The highest BCUT2D eigenvalue weighted by Crippen LogP contribution is 2.37. The monoisotopic (exact) mass is 405 g/mol. The van der Waals surface area contributed by atoms with Crippen LogP contribution in [-0.4, -0.2) is 16.6 Å². The fourth-order valence-corrected chi connectivity index (χ4v) is 4.21. The van der Waals surface area contributed by atoms with E-state index in [2.05, 4.69) is 54.5 Å². The highest BCUT2D eigenvalue weighted by Gasteiger charge is 2.17. The molecule has 0 saturated carbocycles. The number of thioether (sulfide) groups is 1. The molecule has 0 spiro atoms. The Kier molecular flexibility index (Phi) is 7.42. The third-order valence-electron chi connectivity index (χ3n) is 4.78. The van der Waals surface area contributed by atoms with Gasteiger partial charge in [-0.15, -0.1) is 0 Å². The number of carbonyl (C=O) groups excluding carboxylic acids is 1. The van der Waals surface area contributed by atoms with E-state index in [0.717, 1.165) is 34.7 Å². The van der Waals surface area contributed by atoms with E-state index in [0.29, 0.717) is 6.54 Å². The van der Waals surface area contributed by atoms with Gasteiger partial charge in [0, 0.05) is 40.0 Å². The van der Waals surface area contributed by atoms with E-state index in [-0.39, 0.29) is 11.8 Å². The molecule has 2 aromatic rings. The van der Waals surface area contributed by atoms with Crippen molar-refractivity contribution in [1.82, 2.24) is 10.3 Å². The van der Waals surface area contributed by atoms with Crippen molar-refractivity contribution in [3.8, 4) is 0 Å². The Balaban J connectivity index is 1.74.